The molecule has 2 aromatic heterocycles. The molecule has 0 saturated heterocycles. The lowest BCUT2D eigenvalue weighted by Crippen LogP contribution is -2.25. The predicted molar refractivity (Wildman–Crippen MR) is 66.8 cm³/mol. The Hall–Kier alpha value is -2.25. The van der Waals surface area contributed by atoms with E-state index >= 15 is 0 Å². The minimum absolute atomic E-state index is 0.0402. The lowest BCUT2D eigenvalue weighted by atomic mass is 10.4. The van der Waals surface area contributed by atoms with Crippen molar-refractivity contribution >= 4 is 5.91 Å². The molecule has 8 heteroatoms. The first-order valence-corrected chi connectivity index (χ1v) is 6.27. The summed E-state index contributed by atoms with van der Waals surface area (Å²) in [6, 6.07) is 0. The molecular weight excluding hydrogens is 246 g/mol. The molecule has 1 N–H and O–H groups in total. The molecule has 0 radical (unpaired) electrons. The molecule has 1 amide bonds. The summed E-state index contributed by atoms with van der Waals surface area (Å²) in [6.07, 6.45) is 6.54. The third-order valence-electron chi connectivity index (χ3n) is 2.67. The highest BCUT2D eigenvalue weighted by atomic mass is 16.1. The molecule has 2 aromatic rings. The Bertz CT molecular complexity index is 505. The number of aryl methyl sites for hydroxylation is 2. The van der Waals surface area contributed by atoms with Crippen LogP contribution in [0.4, 0.5) is 0 Å². The summed E-state index contributed by atoms with van der Waals surface area (Å²) in [5.41, 5.74) is 0. The maximum atomic E-state index is 11.7. The minimum atomic E-state index is -0.0402. The Balaban J connectivity index is 1.75. The fourth-order valence-corrected chi connectivity index (χ4v) is 1.72. The van der Waals surface area contributed by atoms with Crippen molar-refractivity contribution in [2.75, 3.05) is 0 Å². The molecule has 0 aliphatic carbocycles. The smallest absolute Gasteiger partial charge is 0.222 e. The first-order valence-electron chi connectivity index (χ1n) is 6.27. The Labute approximate surface area is 110 Å². The van der Waals surface area contributed by atoms with Crippen LogP contribution in [-0.4, -0.2) is 35.7 Å². The molecule has 2 rings (SSSR count). The van der Waals surface area contributed by atoms with Crippen LogP contribution in [0.2, 0.25) is 0 Å². The van der Waals surface area contributed by atoms with Crippen LogP contribution < -0.4 is 5.32 Å². The highest BCUT2D eigenvalue weighted by Gasteiger charge is 2.06. The quantitative estimate of drug-likeness (QED) is 0.758. The van der Waals surface area contributed by atoms with Gasteiger partial charge in [-0.1, -0.05) is 6.92 Å². The summed E-state index contributed by atoms with van der Waals surface area (Å²) < 4.78 is 3.57. The van der Waals surface area contributed by atoms with E-state index < -0.39 is 0 Å². The van der Waals surface area contributed by atoms with E-state index in [0.29, 0.717) is 19.5 Å². The van der Waals surface area contributed by atoms with Gasteiger partial charge in [-0.2, -0.15) is 0 Å². The number of rotatable bonds is 7. The van der Waals surface area contributed by atoms with Crippen LogP contribution in [0.5, 0.6) is 0 Å². The number of carbonyl (C=O) groups excluding carboxylic acids is 1. The number of imidazole rings is 1. The number of hydrogen-bond donors (Lipinski definition) is 1. The number of aromatic nitrogens is 6. The molecule has 102 valence electrons. The maximum Gasteiger partial charge on any atom is 0.222 e. The second kappa shape index (κ2) is 6.62. The van der Waals surface area contributed by atoms with Crippen LogP contribution in [-0.2, 0) is 24.4 Å². The topological polar surface area (TPSA) is 90.5 Å². The summed E-state index contributed by atoms with van der Waals surface area (Å²) in [6.45, 7) is 3.94. The van der Waals surface area contributed by atoms with E-state index in [1.165, 1.54) is 11.0 Å². The lowest BCUT2D eigenvalue weighted by molar-refractivity contribution is -0.121. The SMILES string of the molecule is CCCn1ccnc1CNC(=O)CCn1cnnn1. The van der Waals surface area contributed by atoms with Crippen molar-refractivity contribution in [3.63, 3.8) is 0 Å². The number of carbonyl (C=O) groups is 1. The largest absolute Gasteiger partial charge is 0.349 e. The van der Waals surface area contributed by atoms with Crippen molar-refractivity contribution < 1.29 is 4.79 Å². The van der Waals surface area contributed by atoms with Gasteiger partial charge in [0.15, 0.2) is 0 Å². The number of nitrogens with one attached hydrogen (secondary N) is 1. The molecule has 0 spiro atoms. The maximum absolute atomic E-state index is 11.7. The Kier molecular flexibility index (Phi) is 4.60. The number of nitrogens with zero attached hydrogens (tertiary/aromatic N) is 6. The molecule has 0 saturated carbocycles. The summed E-state index contributed by atoms with van der Waals surface area (Å²) in [5, 5.41) is 13.6. The molecule has 0 aliphatic rings. The zero-order valence-electron chi connectivity index (χ0n) is 10.9. The van der Waals surface area contributed by atoms with Gasteiger partial charge in [0.2, 0.25) is 5.91 Å². The summed E-state index contributed by atoms with van der Waals surface area (Å²) in [4.78, 5) is 15.9. The van der Waals surface area contributed by atoms with Crippen molar-refractivity contribution in [2.45, 2.75) is 39.4 Å². The molecule has 19 heavy (non-hydrogen) atoms. The summed E-state index contributed by atoms with van der Waals surface area (Å²) in [7, 11) is 0. The molecule has 8 nitrogen and oxygen atoms in total. The average molecular weight is 263 g/mol. The van der Waals surface area contributed by atoms with Crippen LogP contribution in [0.25, 0.3) is 0 Å². The van der Waals surface area contributed by atoms with Gasteiger partial charge in [-0.25, -0.2) is 9.67 Å². The molecule has 0 atom stereocenters. The number of tetrazole rings is 1. The number of hydrogen-bond acceptors (Lipinski definition) is 5. The average Bonchev–Trinajstić information content (AvgIpc) is 3.06. The predicted octanol–water partition coefficient (Wildman–Crippen LogP) is -0.0139. The fraction of sp³-hybridized carbons (Fsp3) is 0.545. The molecule has 0 aliphatic heterocycles. The third kappa shape index (κ3) is 3.87. The minimum Gasteiger partial charge on any atom is -0.349 e. The van der Waals surface area contributed by atoms with Crippen molar-refractivity contribution in [1.82, 2.24) is 35.1 Å². The first kappa shape index (κ1) is 13.2. The molecule has 0 fully saturated rings. The van der Waals surface area contributed by atoms with Gasteiger partial charge in [-0.15, -0.1) is 5.10 Å². The van der Waals surface area contributed by atoms with Crippen LogP contribution >= 0.6 is 0 Å². The van der Waals surface area contributed by atoms with Crippen LogP contribution in [0.15, 0.2) is 18.7 Å². The first-order chi connectivity index (χ1) is 9.29. The standard InChI is InChI=1S/C11H17N7O/c1-2-5-17-7-4-12-10(17)8-13-11(19)3-6-18-9-14-15-16-18/h4,7,9H,2-3,5-6,8H2,1H3,(H,13,19). The van der Waals surface area contributed by atoms with Crippen LogP contribution in [0.3, 0.4) is 0 Å². The van der Waals surface area contributed by atoms with Gasteiger partial charge in [-0.3, -0.25) is 4.79 Å². The summed E-state index contributed by atoms with van der Waals surface area (Å²) >= 11 is 0. The van der Waals surface area contributed by atoms with E-state index in [4.69, 9.17) is 0 Å². The Morgan fingerprint density at radius 3 is 3.05 bits per heavy atom. The molecule has 0 aromatic carbocycles. The normalized spacial score (nSPS) is 10.6. The second-order valence-electron chi connectivity index (χ2n) is 4.14. The molecule has 0 bridgehead atoms. The van der Waals surface area contributed by atoms with E-state index in [1.807, 2.05) is 10.8 Å². The Morgan fingerprint density at radius 1 is 1.42 bits per heavy atom. The Morgan fingerprint density at radius 2 is 2.32 bits per heavy atom. The highest BCUT2D eigenvalue weighted by Crippen LogP contribution is 1.99. The van der Waals surface area contributed by atoms with E-state index in [2.05, 4.69) is 32.7 Å². The van der Waals surface area contributed by atoms with E-state index in [9.17, 15) is 4.79 Å². The third-order valence-corrected chi connectivity index (χ3v) is 2.67. The van der Waals surface area contributed by atoms with Gasteiger partial charge < -0.3 is 9.88 Å². The monoisotopic (exact) mass is 263 g/mol. The zero-order valence-corrected chi connectivity index (χ0v) is 10.9. The van der Waals surface area contributed by atoms with Gasteiger partial charge in [0.25, 0.3) is 0 Å². The molecular formula is C11H17N7O. The fourth-order valence-electron chi connectivity index (χ4n) is 1.72. The second-order valence-corrected chi connectivity index (χ2v) is 4.14. The van der Waals surface area contributed by atoms with Gasteiger partial charge in [-0.05, 0) is 16.8 Å². The summed E-state index contributed by atoms with van der Waals surface area (Å²) in [5.74, 6) is 0.833. The molecule has 0 unspecified atom stereocenters. The van der Waals surface area contributed by atoms with Gasteiger partial charge >= 0.3 is 0 Å². The van der Waals surface area contributed by atoms with Gasteiger partial charge in [0.1, 0.15) is 12.2 Å². The van der Waals surface area contributed by atoms with E-state index in [1.54, 1.807) is 6.20 Å². The van der Waals surface area contributed by atoms with Crippen molar-refractivity contribution in [1.29, 1.82) is 0 Å². The lowest BCUT2D eigenvalue weighted by Gasteiger charge is -2.07. The van der Waals surface area contributed by atoms with Crippen LogP contribution in [0.1, 0.15) is 25.6 Å². The van der Waals surface area contributed by atoms with Gasteiger partial charge in [0.05, 0.1) is 13.1 Å². The molecule has 2 heterocycles. The van der Waals surface area contributed by atoms with Crippen LogP contribution in [0, 0.1) is 0 Å². The van der Waals surface area contributed by atoms with E-state index in [-0.39, 0.29) is 5.91 Å². The van der Waals surface area contributed by atoms with Gasteiger partial charge in [0, 0.05) is 25.4 Å². The zero-order chi connectivity index (χ0) is 13.5. The number of amides is 1. The van der Waals surface area contributed by atoms with E-state index in [0.717, 1.165) is 18.8 Å². The van der Waals surface area contributed by atoms with Crippen molar-refractivity contribution in [3.8, 4) is 0 Å². The van der Waals surface area contributed by atoms with Crippen molar-refractivity contribution in [3.05, 3.63) is 24.5 Å². The highest BCUT2D eigenvalue weighted by molar-refractivity contribution is 5.75. The van der Waals surface area contributed by atoms with Crippen molar-refractivity contribution in [2.24, 2.45) is 0 Å².